The molecule has 30 heavy (non-hydrogen) atoms. The molecule has 8 heteroatoms. The van der Waals surface area contributed by atoms with Gasteiger partial charge in [-0.2, -0.15) is 0 Å². The molecule has 1 fully saturated rings. The number of nitrogens with one attached hydrogen (secondary N) is 1. The number of piperidine rings is 1. The van der Waals surface area contributed by atoms with Crippen LogP contribution in [0.3, 0.4) is 0 Å². The SMILES string of the molecule is CCOc1ccc(NC(=O)c2cn(-c3cc(N4CCCC[C@H]4C)ncn3)cn2)cc1. The first-order chi connectivity index (χ1) is 14.6. The summed E-state index contributed by atoms with van der Waals surface area (Å²) in [4.78, 5) is 27.9. The predicted molar refractivity (Wildman–Crippen MR) is 115 cm³/mol. The van der Waals surface area contributed by atoms with Crippen LogP contribution < -0.4 is 15.0 Å². The Morgan fingerprint density at radius 1 is 1.17 bits per heavy atom. The van der Waals surface area contributed by atoms with Crippen LogP contribution >= 0.6 is 0 Å². The van der Waals surface area contributed by atoms with E-state index in [1.165, 1.54) is 19.3 Å². The summed E-state index contributed by atoms with van der Waals surface area (Å²) in [5.74, 6) is 2.07. The van der Waals surface area contributed by atoms with Gasteiger partial charge in [-0.3, -0.25) is 9.36 Å². The van der Waals surface area contributed by atoms with Gasteiger partial charge in [0.05, 0.1) is 6.61 Å². The summed E-state index contributed by atoms with van der Waals surface area (Å²) in [5, 5.41) is 2.85. The minimum Gasteiger partial charge on any atom is -0.494 e. The Morgan fingerprint density at radius 3 is 2.73 bits per heavy atom. The molecule has 156 valence electrons. The summed E-state index contributed by atoms with van der Waals surface area (Å²) < 4.78 is 7.16. The van der Waals surface area contributed by atoms with E-state index in [9.17, 15) is 4.79 Å². The number of hydrogen-bond acceptors (Lipinski definition) is 6. The van der Waals surface area contributed by atoms with Gasteiger partial charge in [0.2, 0.25) is 0 Å². The molecule has 0 bridgehead atoms. The Labute approximate surface area is 175 Å². The monoisotopic (exact) mass is 406 g/mol. The number of carbonyl (C=O) groups is 1. The molecule has 1 aliphatic rings. The maximum absolute atomic E-state index is 12.6. The number of rotatable bonds is 6. The average Bonchev–Trinajstić information content (AvgIpc) is 3.26. The number of aromatic nitrogens is 4. The number of hydrogen-bond donors (Lipinski definition) is 1. The first-order valence-electron chi connectivity index (χ1n) is 10.3. The van der Waals surface area contributed by atoms with E-state index in [0.717, 1.165) is 18.1 Å². The molecule has 3 aromatic rings. The topological polar surface area (TPSA) is 85.2 Å². The third-order valence-corrected chi connectivity index (χ3v) is 5.24. The zero-order chi connectivity index (χ0) is 20.9. The van der Waals surface area contributed by atoms with E-state index in [0.29, 0.717) is 29.8 Å². The smallest absolute Gasteiger partial charge is 0.275 e. The van der Waals surface area contributed by atoms with Crippen LogP contribution in [0.5, 0.6) is 5.75 Å². The van der Waals surface area contributed by atoms with Crippen LogP contribution in [-0.4, -0.2) is 44.6 Å². The van der Waals surface area contributed by atoms with E-state index >= 15 is 0 Å². The van der Waals surface area contributed by atoms with Gasteiger partial charge in [-0.1, -0.05) is 0 Å². The number of nitrogens with zero attached hydrogens (tertiary/aromatic N) is 5. The standard InChI is InChI=1S/C22H26N6O2/c1-3-30-18-9-7-17(8-10-18)26-22(29)19-13-27(15-25-19)20-12-21(24-14-23-20)28-11-5-4-6-16(28)2/h7-10,12-16H,3-6,11H2,1-2H3,(H,26,29)/t16-/m1/s1. The highest BCUT2D eigenvalue weighted by Crippen LogP contribution is 2.24. The Kier molecular flexibility index (Phi) is 5.92. The van der Waals surface area contributed by atoms with E-state index in [2.05, 4.69) is 32.1 Å². The van der Waals surface area contributed by atoms with Gasteiger partial charge >= 0.3 is 0 Å². The molecule has 0 radical (unpaired) electrons. The Morgan fingerprint density at radius 2 is 1.97 bits per heavy atom. The highest BCUT2D eigenvalue weighted by molar-refractivity contribution is 6.02. The lowest BCUT2D eigenvalue weighted by atomic mass is 10.0. The van der Waals surface area contributed by atoms with Crippen molar-refractivity contribution in [2.75, 3.05) is 23.4 Å². The lowest BCUT2D eigenvalue weighted by molar-refractivity contribution is 0.102. The Bertz CT molecular complexity index is 1000. The molecule has 1 amide bonds. The molecule has 1 N–H and O–H groups in total. The van der Waals surface area contributed by atoms with Gasteiger partial charge in [0.15, 0.2) is 0 Å². The van der Waals surface area contributed by atoms with Crippen molar-refractivity contribution in [3.8, 4) is 11.6 Å². The van der Waals surface area contributed by atoms with Gasteiger partial charge in [-0.05, 0) is 57.4 Å². The number of carbonyl (C=O) groups excluding carboxylic acids is 1. The maximum atomic E-state index is 12.6. The molecule has 8 nitrogen and oxygen atoms in total. The van der Waals surface area contributed by atoms with Crippen molar-refractivity contribution in [1.82, 2.24) is 19.5 Å². The van der Waals surface area contributed by atoms with Crippen molar-refractivity contribution in [2.45, 2.75) is 39.2 Å². The minimum absolute atomic E-state index is 0.281. The van der Waals surface area contributed by atoms with Crippen LogP contribution in [0.2, 0.25) is 0 Å². The number of amides is 1. The second kappa shape index (κ2) is 8.94. The fourth-order valence-electron chi connectivity index (χ4n) is 3.64. The van der Waals surface area contributed by atoms with Gasteiger partial charge < -0.3 is 15.0 Å². The molecular formula is C22H26N6O2. The number of imidazole rings is 1. The molecule has 3 heterocycles. The first-order valence-corrected chi connectivity index (χ1v) is 10.3. The number of benzene rings is 1. The zero-order valence-electron chi connectivity index (χ0n) is 17.3. The van der Waals surface area contributed by atoms with Crippen molar-refractivity contribution in [1.29, 1.82) is 0 Å². The number of ether oxygens (including phenoxy) is 1. The van der Waals surface area contributed by atoms with E-state index < -0.39 is 0 Å². The average molecular weight is 406 g/mol. The lowest BCUT2D eigenvalue weighted by Crippen LogP contribution is -2.38. The Hall–Kier alpha value is -3.42. The van der Waals surface area contributed by atoms with Crippen molar-refractivity contribution in [2.24, 2.45) is 0 Å². The molecule has 1 atom stereocenters. The summed E-state index contributed by atoms with van der Waals surface area (Å²) in [6.45, 7) is 5.75. The fourth-order valence-corrected chi connectivity index (χ4v) is 3.64. The quantitative estimate of drug-likeness (QED) is 0.672. The van der Waals surface area contributed by atoms with Crippen LogP contribution in [0.4, 0.5) is 11.5 Å². The molecule has 1 aromatic carbocycles. The first kappa shape index (κ1) is 19.9. The molecular weight excluding hydrogens is 380 g/mol. The third-order valence-electron chi connectivity index (χ3n) is 5.24. The van der Waals surface area contributed by atoms with Gasteiger partial charge in [0.1, 0.15) is 35.7 Å². The largest absolute Gasteiger partial charge is 0.494 e. The van der Waals surface area contributed by atoms with Crippen molar-refractivity contribution < 1.29 is 9.53 Å². The van der Waals surface area contributed by atoms with Crippen molar-refractivity contribution >= 4 is 17.4 Å². The summed E-state index contributed by atoms with van der Waals surface area (Å²) >= 11 is 0. The van der Waals surface area contributed by atoms with Gasteiger partial charge in [0, 0.05) is 30.5 Å². The van der Waals surface area contributed by atoms with Crippen LogP contribution in [0, 0.1) is 0 Å². The number of anilines is 2. The highest BCUT2D eigenvalue weighted by atomic mass is 16.5. The second-order valence-electron chi connectivity index (χ2n) is 7.35. The van der Waals surface area contributed by atoms with Crippen LogP contribution in [0.1, 0.15) is 43.6 Å². The van der Waals surface area contributed by atoms with Crippen LogP contribution in [0.15, 0.2) is 49.2 Å². The molecule has 0 spiro atoms. The van der Waals surface area contributed by atoms with Crippen LogP contribution in [-0.2, 0) is 0 Å². The second-order valence-corrected chi connectivity index (χ2v) is 7.35. The molecule has 0 aliphatic carbocycles. The maximum Gasteiger partial charge on any atom is 0.275 e. The molecule has 0 unspecified atom stereocenters. The predicted octanol–water partition coefficient (Wildman–Crippen LogP) is 3.69. The lowest BCUT2D eigenvalue weighted by Gasteiger charge is -2.34. The molecule has 1 saturated heterocycles. The summed E-state index contributed by atoms with van der Waals surface area (Å²) in [6.07, 6.45) is 8.43. The van der Waals surface area contributed by atoms with E-state index in [-0.39, 0.29) is 5.91 Å². The van der Waals surface area contributed by atoms with Gasteiger partial charge in [0.25, 0.3) is 5.91 Å². The van der Waals surface area contributed by atoms with Gasteiger partial charge in [-0.25, -0.2) is 15.0 Å². The van der Waals surface area contributed by atoms with Crippen molar-refractivity contribution in [3.05, 3.63) is 54.9 Å². The highest BCUT2D eigenvalue weighted by Gasteiger charge is 2.20. The van der Waals surface area contributed by atoms with Crippen molar-refractivity contribution in [3.63, 3.8) is 0 Å². The molecule has 4 rings (SSSR count). The van der Waals surface area contributed by atoms with E-state index in [4.69, 9.17) is 4.74 Å². The molecule has 1 aliphatic heterocycles. The minimum atomic E-state index is -0.281. The summed E-state index contributed by atoms with van der Waals surface area (Å²) in [6, 6.07) is 9.65. The third kappa shape index (κ3) is 4.42. The molecule has 0 saturated carbocycles. The Balaban J connectivity index is 1.47. The summed E-state index contributed by atoms with van der Waals surface area (Å²) in [5.41, 5.74) is 0.997. The van der Waals surface area contributed by atoms with E-state index in [1.54, 1.807) is 35.6 Å². The zero-order valence-corrected chi connectivity index (χ0v) is 17.3. The summed E-state index contributed by atoms with van der Waals surface area (Å²) in [7, 11) is 0. The molecule has 2 aromatic heterocycles. The fraction of sp³-hybridized carbons (Fsp3) is 0.364. The van der Waals surface area contributed by atoms with Crippen LogP contribution in [0.25, 0.3) is 5.82 Å². The van der Waals surface area contributed by atoms with Gasteiger partial charge in [-0.15, -0.1) is 0 Å². The van der Waals surface area contributed by atoms with E-state index in [1.807, 2.05) is 25.1 Å². The normalized spacial score (nSPS) is 16.3.